The predicted octanol–water partition coefficient (Wildman–Crippen LogP) is 3.94. The highest BCUT2D eigenvalue weighted by atomic mass is 16.5. The zero-order valence-corrected chi connectivity index (χ0v) is 20.4. The normalized spacial score (nSPS) is 14.8. The molecule has 1 aliphatic rings. The third kappa shape index (κ3) is 6.03. The van der Waals surface area contributed by atoms with Crippen molar-refractivity contribution in [2.24, 2.45) is 0 Å². The summed E-state index contributed by atoms with van der Waals surface area (Å²) in [7, 11) is 3.17. The zero-order chi connectivity index (χ0) is 24.7. The molecule has 2 aromatic rings. The monoisotopic (exact) mass is 470 g/mol. The minimum atomic E-state index is -0.385. The van der Waals surface area contributed by atoms with Crippen molar-refractivity contribution in [3.8, 4) is 17.2 Å². The minimum absolute atomic E-state index is 0.00191. The van der Waals surface area contributed by atoms with Crippen molar-refractivity contribution in [3.63, 3.8) is 0 Å². The van der Waals surface area contributed by atoms with Gasteiger partial charge in [0.05, 0.1) is 26.9 Å². The molecule has 1 atom stereocenters. The molecule has 1 heterocycles. The van der Waals surface area contributed by atoms with E-state index in [0.29, 0.717) is 36.8 Å². The number of ether oxygens (including phenoxy) is 3. The Kier molecular flexibility index (Phi) is 8.45. The maximum Gasteiger partial charge on any atom is 0.322 e. The number of hydrogen-bond acceptors (Lipinski definition) is 5. The topological polar surface area (TPSA) is 101 Å². The van der Waals surface area contributed by atoms with E-state index >= 15 is 0 Å². The van der Waals surface area contributed by atoms with Crippen molar-refractivity contribution in [2.75, 3.05) is 39.2 Å². The maximum atomic E-state index is 13.3. The summed E-state index contributed by atoms with van der Waals surface area (Å²) >= 11 is 0. The number of nitrogens with zero attached hydrogens (tertiary/aromatic N) is 1. The third-order valence-corrected chi connectivity index (χ3v) is 5.56. The van der Waals surface area contributed by atoms with Crippen molar-refractivity contribution in [3.05, 3.63) is 47.5 Å². The van der Waals surface area contributed by atoms with Crippen molar-refractivity contribution in [1.29, 1.82) is 0 Å². The second-order valence-electron chi connectivity index (χ2n) is 8.26. The van der Waals surface area contributed by atoms with Crippen molar-refractivity contribution in [2.45, 2.75) is 39.3 Å². The highest BCUT2D eigenvalue weighted by molar-refractivity contribution is 5.90. The van der Waals surface area contributed by atoms with E-state index in [0.717, 1.165) is 16.9 Å². The Morgan fingerprint density at radius 3 is 2.38 bits per heavy atom. The summed E-state index contributed by atoms with van der Waals surface area (Å²) in [5.41, 5.74) is 2.63. The number of anilines is 1. The quantitative estimate of drug-likeness (QED) is 0.543. The van der Waals surface area contributed by atoms with Crippen LogP contribution in [0.1, 0.15) is 37.9 Å². The molecule has 1 unspecified atom stereocenters. The molecule has 3 N–H and O–H groups in total. The SMILES string of the molecule is CCOc1ccc(NC(=O)N2CCc3cc(OC)c(OC)cc3C2CNC(=O)NC(C)C)cc1. The lowest BCUT2D eigenvalue weighted by atomic mass is 9.92. The van der Waals surface area contributed by atoms with Gasteiger partial charge in [-0.2, -0.15) is 0 Å². The number of urea groups is 2. The second-order valence-corrected chi connectivity index (χ2v) is 8.26. The van der Waals surface area contributed by atoms with E-state index in [4.69, 9.17) is 14.2 Å². The molecule has 0 spiro atoms. The van der Waals surface area contributed by atoms with Crippen LogP contribution in [0.2, 0.25) is 0 Å². The highest BCUT2D eigenvalue weighted by Gasteiger charge is 2.32. The molecule has 1 aliphatic heterocycles. The lowest BCUT2D eigenvalue weighted by molar-refractivity contribution is 0.179. The molecule has 0 saturated heterocycles. The molecule has 0 bridgehead atoms. The standard InChI is InChI=1S/C25H34N4O5/c1-6-34-19-9-7-18(8-10-19)28-25(31)29-12-11-17-13-22(32-4)23(33-5)14-20(17)21(29)15-26-24(30)27-16(2)3/h7-10,13-14,16,21H,6,11-12,15H2,1-5H3,(H,28,31)(H2,26,27,30). The smallest absolute Gasteiger partial charge is 0.322 e. The van der Waals surface area contributed by atoms with Gasteiger partial charge in [0.2, 0.25) is 0 Å². The van der Waals surface area contributed by atoms with E-state index in [-0.39, 0.29) is 30.7 Å². The first kappa shape index (κ1) is 25.0. The largest absolute Gasteiger partial charge is 0.494 e. The Morgan fingerprint density at radius 1 is 1.09 bits per heavy atom. The summed E-state index contributed by atoms with van der Waals surface area (Å²) in [6.07, 6.45) is 0.654. The van der Waals surface area contributed by atoms with Crippen LogP contribution in [0.5, 0.6) is 17.2 Å². The van der Waals surface area contributed by atoms with Crippen LogP contribution in [-0.4, -0.2) is 56.9 Å². The molecule has 34 heavy (non-hydrogen) atoms. The van der Waals surface area contributed by atoms with Crippen LogP contribution >= 0.6 is 0 Å². The first-order valence-corrected chi connectivity index (χ1v) is 11.5. The Labute approximate surface area is 200 Å². The van der Waals surface area contributed by atoms with Gasteiger partial charge < -0.3 is 35.1 Å². The lowest BCUT2D eigenvalue weighted by Crippen LogP contribution is -2.49. The number of methoxy groups -OCH3 is 2. The molecular weight excluding hydrogens is 436 g/mol. The van der Waals surface area contributed by atoms with Gasteiger partial charge in [-0.05, 0) is 74.7 Å². The summed E-state index contributed by atoms with van der Waals surface area (Å²) in [5, 5.41) is 8.68. The summed E-state index contributed by atoms with van der Waals surface area (Å²) in [6.45, 7) is 7.02. The summed E-state index contributed by atoms with van der Waals surface area (Å²) in [6, 6.07) is 10.2. The molecule has 0 aromatic heterocycles. The molecule has 4 amide bonds. The maximum absolute atomic E-state index is 13.3. The van der Waals surface area contributed by atoms with Crippen LogP contribution in [0.15, 0.2) is 36.4 Å². The van der Waals surface area contributed by atoms with Gasteiger partial charge in [0.1, 0.15) is 5.75 Å². The van der Waals surface area contributed by atoms with E-state index in [1.54, 1.807) is 31.3 Å². The molecule has 9 heteroatoms. The molecular formula is C25H34N4O5. The molecule has 0 fully saturated rings. The minimum Gasteiger partial charge on any atom is -0.494 e. The second kappa shape index (κ2) is 11.5. The van der Waals surface area contributed by atoms with Gasteiger partial charge in [-0.1, -0.05) is 0 Å². The Balaban J connectivity index is 1.85. The molecule has 184 valence electrons. The van der Waals surface area contributed by atoms with Gasteiger partial charge in [0.15, 0.2) is 11.5 Å². The van der Waals surface area contributed by atoms with Crippen LogP contribution in [0, 0.1) is 0 Å². The Morgan fingerprint density at radius 2 is 1.76 bits per heavy atom. The van der Waals surface area contributed by atoms with Gasteiger partial charge in [0, 0.05) is 24.8 Å². The van der Waals surface area contributed by atoms with Crippen LogP contribution < -0.4 is 30.2 Å². The number of benzene rings is 2. The average Bonchev–Trinajstić information content (AvgIpc) is 2.82. The summed E-state index contributed by atoms with van der Waals surface area (Å²) in [4.78, 5) is 27.3. The van der Waals surface area contributed by atoms with Crippen LogP contribution in [-0.2, 0) is 6.42 Å². The van der Waals surface area contributed by atoms with E-state index in [1.165, 1.54) is 0 Å². The van der Waals surface area contributed by atoms with E-state index < -0.39 is 0 Å². The molecule has 9 nitrogen and oxygen atoms in total. The number of amides is 4. The number of carbonyl (C=O) groups excluding carboxylic acids is 2. The zero-order valence-electron chi connectivity index (χ0n) is 20.4. The molecule has 2 aromatic carbocycles. The number of hydrogen-bond donors (Lipinski definition) is 3. The van der Waals surface area contributed by atoms with Gasteiger partial charge in [-0.25, -0.2) is 9.59 Å². The number of fused-ring (bicyclic) bond motifs is 1. The van der Waals surface area contributed by atoms with Gasteiger partial charge in [-0.15, -0.1) is 0 Å². The molecule has 0 saturated carbocycles. The van der Waals surface area contributed by atoms with Crippen molar-refractivity contribution in [1.82, 2.24) is 15.5 Å². The van der Waals surface area contributed by atoms with Gasteiger partial charge in [-0.3, -0.25) is 0 Å². The fourth-order valence-electron chi connectivity index (χ4n) is 3.99. The summed E-state index contributed by atoms with van der Waals surface area (Å²) in [5.74, 6) is 1.95. The van der Waals surface area contributed by atoms with Crippen molar-refractivity contribution >= 4 is 17.7 Å². The van der Waals surface area contributed by atoms with Crippen LogP contribution in [0.3, 0.4) is 0 Å². The van der Waals surface area contributed by atoms with Crippen LogP contribution in [0.25, 0.3) is 0 Å². The number of carbonyl (C=O) groups is 2. The molecule has 3 rings (SSSR count). The van der Waals surface area contributed by atoms with E-state index in [9.17, 15) is 9.59 Å². The Hall–Kier alpha value is -3.62. The molecule has 0 radical (unpaired) electrons. The molecule has 0 aliphatic carbocycles. The van der Waals surface area contributed by atoms with Crippen LogP contribution in [0.4, 0.5) is 15.3 Å². The van der Waals surface area contributed by atoms with Gasteiger partial charge in [0.25, 0.3) is 0 Å². The first-order valence-electron chi connectivity index (χ1n) is 11.5. The summed E-state index contributed by atoms with van der Waals surface area (Å²) < 4.78 is 16.4. The van der Waals surface area contributed by atoms with Gasteiger partial charge >= 0.3 is 12.1 Å². The number of nitrogens with one attached hydrogen (secondary N) is 3. The predicted molar refractivity (Wildman–Crippen MR) is 131 cm³/mol. The fourth-order valence-corrected chi connectivity index (χ4v) is 3.99. The lowest BCUT2D eigenvalue weighted by Gasteiger charge is -2.38. The average molecular weight is 471 g/mol. The highest BCUT2D eigenvalue weighted by Crippen LogP contribution is 2.38. The first-order chi connectivity index (χ1) is 16.4. The number of rotatable bonds is 8. The van der Waals surface area contributed by atoms with Crippen molar-refractivity contribution < 1.29 is 23.8 Å². The van der Waals surface area contributed by atoms with E-state index in [1.807, 2.05) is 45.0 Å². The fraction of sp³-hybridized carbons (Fsp3) is 0.440. The third-order valence-electron chi connectivity index (χ3n) is 5.56. The van der Waals surface area contributed by atoms with E-state index in [2.05, 4.69) is 16.0 Å². The Bertz CT molecular complexity index is 994.